The lowest BCUT2D eigenvalue weighted by Gasteiger charge is -2.12. The van der Waals surface area contributed by atoms with Gasteiger partial charge in [-0.05, 0) is 12.0 Å². The Morgan fingerprint density at radius 3 is 2.33 bits per heavy atom. The molecule has 0 aliphatic rings. The smallest absolute Gasteiger partial charge is 0.274 e. The van der Waals surface area contributed by atoms with Crippen molar-refractivity contribution in [2.24, 2.45) is 5.73 Å². The van der Waals surface area contributed by atoms with E-state index in [0.29, 0.717) is 12.0 Å². The van der Waals surface area contributed by atoms with Gasteiger partial charge >= 0.3 is 0 Å². The first kappa shape index (κ1) is 12.3. The maximum Gasteiger partial charge on any atom is 0.274 e. The fourth-order valence-electron chi connectivity index (χ4n) is 1.95. The van der Waals surface area contributed by atoms with Crippen molar-refractivity contribution in [3.05, 3.63) is 75.8 Å². The molecule has 0 heterocycles. The van der Waals surface area contributed by atoms with Gasteiger partial charge in [-0.1, -0.05) is 48.5 Å². The number of nitrogens with two attached hydrogens (primary N) is 1. The van der Waals surface area contributed by atoms with Crippen molar-refractivity contribution in [3.63, 3.8) is 0 Å². The van der Waals surface area contributed by atoms with E-state index in [1.54, 1.807) is 18.2 Å². The van der Waals surface area contributed by atoms with E-state index in [2.05, 4.69) is 0 Å². The van der Waals surface area contributed by atoms with Crippen LogP contribution < -0.4 is 5.73 Å². The maximum atomic E-state index is 10.9. The van der Waals surface area contributed by atoms with E-state index in [1.165, 1.54) is 6.07 Å². The molecule has 2 rings (SSSR count). The summed E-state index contributed by atoms with van der Waals surface area (Å²) in [5, 5.41) is 10.9. The van der Waals surface area contributed by atoms with Crippen molar-refractivity contribution in [2.75, 3.05) is 0 Å². The Labute approximate surface area is 105 Å². The number of hydrogen-bond donors (Lipinski definition) is 1. The molecular formula is C14H14N2O2. The minimum atomic E-state index is -0.389. The minimum Gasteiger partial charge on any atom is -0.323 e. The van der Waals surface area contributed by atoms with Gasteiger partial charge in [0.15, 0.2) is 0 Å². The lowest BCUT2D eigenvalue weighted by atomic mass is 9.98. The summed E-state index contributed by atoms with van der Waals surface area (Å²) in [6.45, 7) is 0. The summed E-state index contributed by atoms with van der Waals surface area (Å²) in [6, 6.07) is 16.0. The standard InChI is InChI=1S/C14H14N2O2/c15-13(10-11-6-2-1-3-7-11)12-8-4-5-9-14(12)16(17)18/h1-9,13H,10,15H2. The van der Waals surface area contributed by atoms with Crippen LogP contribution in [0.2, 0.25) is 0 Å². The molecule has 1 atom stereocenters. The third kappa shape index (κ3) is 2.73. The van der Waals surface area contributed by atoms with E-state index in [-0.39, 0.29) is 16.7 Å². The van der Waals surface area contributed by atoms with Crippen LogP contribution in [-0.2, 0) is 6.42 Å². The van der Waals surface area contributed by atoms with Crippen LogP contribution in [0.5, 0.6) is 0 Å². The Morgan fingerprint density at radius 1 is 1.06 bits per heavy atom. The third-order valence-electron chi connectivity index (χ3n) is 2.83. The highest BCUT2D eigenvalue weighted by molar-refractivity contribution is 5.42. The summed E-state index contributed by atoms with van der Waals surface area (Å²) in [6.07, 6.45) is 0.589. The molecular weight excluding hydrogens is 228 g/mol. The molecule has 0 saturated carbocycles. The molecule has 4 heteroatoms. The van der Waals surface area contributed by atoms with Crippen LogP contribution in [-0.4, -0.2) is 4.92 Å². The summed E-state index contributed by atoms with van der Waals surface area (Å²) in [4.78, 5) is 10.5. The van der Waals surface area contributed by atoms with E-state index in [1.807, 2.05) is 30.3 Å². The molecule has 1 unspecified atom stereocenters. The number of rotatable bonds is 4. The molecule has 4 nitrogen and oxygen atoms in total. The molecule has 2 N–H and O–H groups in total. The van der Waals surface area contributed by atoms with Gasteiger partial charge in [0, 0.05) is 17.7 Å². The largest absolute Gasteiger partial charge is 0.323 e. The second-order valence-corrected chi connectivity index (χ2v) is 4.11. The van der Waals surface area contributed by atoms with E-state index < -0.39 is 0 Å². The first-order valence-corrected chi connectivity index (χ1v) is 5.71. The van der Waals surface area contributed by atoms with Crippen LogP contribution in [0, 0.1) is 10.1 Å². The lowest BCUT2D eigenvalue weighted by Crippen LogP contribution is -2.15. The third-order valence-corrected chi connectivity index (χ3v) is 2.83. The van der Waals surface area contributed by atoms with Crippen LogP contribution in [0.4, 0.5) is 5.69 Å². The van der Waals surface area contributed by atoms with E-state index in [9.17, 15) is 10.1 Å². The molecule has 0 fully saturated rings. The van der Waals surface area contributed by atoms with Gasteiger partial charge in [0.1, 0.15) is 0 Å². The minimum absolute atomic E-state index is 0.0842. The Hall–Kier alpha value is -2.20. The molecule has 18 heavy (non-hydrogen) atoms. The zero-order valence-electron chi connectivity index (χ0n) is 9.82. The van der Waals surface area contributed by atoms with Gasteiger partial charge in [-0.3, -0.25) is 10.1 Å². The summed E-state index contributed by atoms with van der Waals surface area (Å²) in [5.74, 6) is 0. The molecule has 2 aromatic rings. The van der Waals surface area contributed by atoms with E-state index in [4.69, 9.17) is 5.73 Å². The molecule has 0 aliphatic heterocycles. The van der Waals surface area contributed by atoms with Crippen molar-refractivity contribution in [1.29, 1.82) is 0 Å². The number of hydrogen-bond acceptors (Lipinski definition) is 3. The quantitative estimate of drug-likeness (QED) is 0.662. The van der Waals surface area contributed by atoms with Gasteiger partial charge in [0.05, 0.1) is 4.92 Å². The fourth-order valence-corrected chi connectivity index (χ4v) is 1.95. The van der Waals surface area contributed by atoms with E-state index >= 15 is 0 Å². The van der Waals surface area contributed by atoms with Crippen molar-refractivity contribution < 1.29 is 4.92 Å². The molecule has 92 valence electrons. The van der Waals surface area contributed by atoms with Gasteiger partial charge < -0.3 is 5.73 Å². The Morgan fingerprint density at radius 2 is 1.67 bits per heavy atom. The zero-order chi connectivity index (χ0) is 13.0. The van der Waals surface area contributed by atoms with Crippen molar-refractivity contribution in [2.45, 2.75) is 12.5 Å². The van der Waals surface area contributed by atoms with Crippen LogP contribution in [0.25, 0.3) is 0 Å². The molecule has 0 aromatic heterocycles. The van der Waals surface area contributed by atoms with Gasteiger partial charge in [-0.25, -0.2) is 0 Å². The number of nitro benzene ring substituents is 1. The van der Waals surface area contributed by atoms with Crippen molar-refractivity contribution >= 4 is 5.69 Å². The van der Waals surface area contributed by atoms with Gasteiger partial charge in [-0.2, -0.15) is 0 Å². The second-order valence-electron chi connectivity index (χ2n) is 4.11. The van der Waals surface area contributed by atoms with Gasteiger partial charge in [-0.15, -0.1) is 0 Å². The molecule has 2 aromatic carbocycles. The highest BCUT2D eigenvalue weighted by atomic mass is 16.6. The Balaban J connectivity index is 2.24. The molecule has 0 bridgehead atoms. The van der Waals surface area contributed by atoms with Crippen molar-refractivity contribution in [3.8, 4) is 0 Å². The summed E-state index contributed by atoms with van der Waals surface area (Å²) in [5.41, 5.74) is 7.79. The number of nitro groups is 1. The predicted octanol–water partition coefficient (Wildman–Crippen LogP) is 2.84. The molecule has 0 aliphatic carbocycles. The highest BCUT2D eigenvalue weighted by Crippen LogP contribution is 2.25. The normalized spacial score (nSPS) is 12.1. The van der Waals surface area contributed by atoms with Gasteiger partial charge in [0.25, 0.3) is 5.69 Å². The Kier molecular flexibility index (Phi) is 3.69. The number of para-hydroxylation sites is 1. The van der Waals surface area contributed by atoms with Crippen LogP contribution in [0.3, 0.4) is 0 Å². The fraction of sp³-hybridized carbons (Fsp3) is 0.143. The maximum absolute atomic E-state index is 10.9. The monoisotopic (exact) mass is 242 g/mol. The molecule has 0 spiro atoms. The number of benzene rings is 2. The second kappa shape index (κ2) is 5.42. The summed E-state index contributed by atoms with van der Waals surface area (Å²) in [7, 11) is 0. The van der Waals surface area contributed by atoms with Crippen LogP contribution in [0.15, 0.2) is 54.6 Å². The number of nitrogens with zero attached hydrogens (tertiary/aromatic N) is 1. The van der Waals surface area contributed by atoms with Crippen LogP contribution in [0.1, 0.15) is 17.2 Å². The summed E-state index contributed by atoms with van der Waals surface area (Å²) >= 11 is 0. The molecule has 0 radical (unpaired) electrons. The summed E-state index contributed by atoms with van der Waals surface area (Å²) < 4.78 is 0. The molecule has 0 amide bonds. The zero-order valence-corrected chi connectivity index (χ0v) is 9.82. The van der Waals surface area contributed by atoms with Crippen LogP contribution >= 0.6 is 0 Å². The Bertz CT molecular complexity index is 541. The highest BCUT2D eigenvalue weighted by Gasteiger charge is 2.18. The molecule has 0 saturated heterocycles. The lowest BCUT2D eigenvalue weighted by molar-refractivity contribution is -0.385. The topological polar surface area (TPSA) is 69.2 Å². The predicted molar refractivity (Wildman–Crippen MR) is 70.2 cm³/mol. The van der Waals surface area contributed by atoms with E-state index in [0.717, 1.165) is 5.56 Å². The first-order chi connectivity index (χ1) is 8.68. The first-order valence-electron chi connectivity index (χ1n) is 5.71. The van der Waals surface area contributed by atoms with Crippen molar-refractivity contribution in [1.82, 2.24) is 0 Å². The SMILES string of the molecule is NC(Cc1ccccc1)c1ccccc1[N+](=O)[O-]. The average Bonchev–Trinajstić information content (AvgIpc) is 2.40. The average molecular weight is 242 g/mol. The van der Waals surface area contributed by atoms with Gasteiger partial charge in [0.2, 0.25) is 0 Å².